The van der Waals surface area contributed by atoms with Crippen LogP contribution in [0.1, 0.15) is 42.2 Å². The maximum atomic E-state index is 13.2. The molecule has 0 aromatic heterocycles. The van der Waals surface area contributed by atoms with Crippen molar-refractivity contribution in [2.24, 2.45) is 0 Å². The zero-order valence-electron chi connectivity index (χ0n) is 13.7. The molecule has 0 unspecified atom stereocenters. The van der Waals surface area contributed by atoms with Crippen LogP contribution in [0.5, 0.6) is 0 Å². The quantitative estimate of drug-likeness (QED) is 0.906. The molecule has 1 aliphatic heterocycles. The van der Waals surface area contributed by atoms with E-state index in [4.69, 9.17) is 0 Å². The van der Waals surface area contributed by atoms with Crippen LogP contribution in [-0.4, -0.2) is 11.7 Å². The molecule has 2 aliphatic rings. The van der Waals surface area contributed by atoms with Gasteiger partial charge in [0, 0.05) is 30.0 Å². The average Bonchev–Trinajstić information content (AvgIpc) is 2.62. The molecule has 0 saturated heterocycles. The minimum Gasteiger partial charge on any atom is -0.329 e. The lowest BCUT2D eigenvalue weighted by atomic mass is 9.73. The van der Waals surface area contributed by atoms with Crippen molar-refractivity contribution in [1.82, 2.24) is 5.32 Å². The summed E-state index contributed by atoms with van der Waals surface area (Å²) in [4.78, 5) is 25.1. The van der Waals surface area contributed by atoms with Crippen LogP contribution in [0.25, 0.3) is 0 Å². The first-order valence-corrected chi connectivity index (χ1v) is 8.48. The second-order valence-electron chi connectivity index (χ2n) is 6.69. The van der Waals surface area contributed by atoms with Gasteiger partial charge in [0.05, 0.1) is 0 Å². The van der Waals surface area contributed by atoms with Gasteiger partial charge in [0.2, 0.25) is 5.91 Å². The molecule has 126 valence electrons. The molecule has 2 aromatic rings. The Labute approximate surface area is 145 Å². The van der Waals surface area contributed by atoms with E-state index in [1.165, 1.54) is 12.1 Å². The predicted octanol–water partition coefficient (Wildman–Crippen LogP) is 3.83. The number of Topliss-reactive ketones (excluding diaryl/α,β-unsaturated/α-hetero) is 1. The fraction of sp³-hybridized carbons (Fsp3) is 0.238. The monoisotopic (exact) mass is 335 g/mol. The van der Waals surface area contributed by atoms with Crippen LogP contribution in [0.2, 0.25) is 0 Å². The summed E-state index contributed by atoms with van der Waals surface area (Å²) in [6, 6.07) is 16.0. The van der Waals surface area contributed by atoms with Gasteiger partial charge in [-0.1, -0.05) is 42.5 Å². The lowest BCUT2D eigenvalue weighted by molar-refractivity contribution is -0.122. The molecule has 4 heteroatoms. The smallest absolute Gasteiger partial charge is 0.225 e. The third-order valence-corrected chi connectivity index (χ3v) is 5.08. The van der Waals surface area contributed by atoms with Gasteiger partial charge in [-0.15, -0.1) is 0 Å². The van der Waals surface area contributed by atoms with E-state index in [9.17, 15) is 14.0 Å². The summed E-state index contributed by atoms with van der Waals surface area (Å²) in [6.07, 6.45) is 1.29. The van der Waals surface area contributed by atoms with Gasteiger partial charge in [-0.2, -0.15) is 0 Å². The summed E-state index contributed by atoms with van der Waals surface area (Å²) < 4.78 is 13.2. The van der Waals surface area contributed by atoms with Crippen molar-refractivity contribution in [3.8, 4) is 0 Å². The van der Waals surface area contributed by atoms with E-state index >= 15 is 0 Å². The van der Waals surface area contributed by atoms with Crippen LogP contribution in [0.4, 0.5) is 4.39 Å². The highest BCUT2D eigenvalue weighted by molar-refractivity contribution is 6.02. The molecular weight excluding hydrogens is 317 g/mol. The minimum atomic E-state index is -0.291. The van der Waals surface area contributed by atoms with Crippen LogP contribution in [0, 0.1) is 5.82 Å². The highest BCUT2D eigenvalue weighted by Gasteiger charge is 2.38. The van der Waals surface area contributed by atoms with Crippen LogP contribution in [0.15, 0.2) is 65.9 Å². The molecule has 0 fully saturated rings. The molecule has 25 heavy (non-hydrogen) atoms. The highest BCUT2D eigenvalue weighted by atomic mass is 19.1. The van der Waals surface area contributed by atoms with Crippen molar-refractivity contribution < 1.29 is 14.0 Å². The molecule has 1 heterocycles. The number of benzene rings is 2. The summed E-state index contributed by atoms with van der Waals surface area (Å²) in [5.74, 6) is -0.473. The minimum absolute atomic E-state index is 0.0262. The first-order valence-electron chi connectivity index (χ1n) is 8.48. The standard InChI is InChI=1S/C21H18FNO2/c22-16-8-6-13(7-9-16)15-10-18-21(19(24)11-15)17(12-20(25)23-18)14-4-2-1-3-5-14/h1-9,15,17H,10-12H2,(H,23,25)/t15-,17+/m0/s1. The van der Waals surface area contributed by atoms with Crippen LogP contribution < -0.4 is 5.32 Å². The van der Waals surface area contributed by atoms with Gasteiger partial charge in [0.25, 0.3) is 0 Å². The highest BCUT2D eigenvalue weighted by Crippen LogP contribution is 2.42. The molecule has 4 rings (SSSR count). The molecule has 1 N–H and O–H groups in total. The number of nitrogens with one attached hydrogen (secondary N) is 1. The molecule has 2 atom stereocenters. The van der Waals surface area contributed by atoms with E-state index in [2.05, 4.69) is 5.32 Å². The van der Waals surface area contributed by atoms with Crippen LogP contribution >= 0.6 is 0 Å². The Balaban J connectivity index is 1.70. The van der Waals surface area contributed by atoms with E-state index in [1.807, 2.05) is 30.3 Å². The van der Waals surface area contributed by atoms with E-state index in [0.29, 0.717) is 19.3 Å². The molecule has 0 bridgehead atoms. The van der Waals surface area contributed by atoms with E-state index < -0.39 is 0 Å². The summed E-state index contributed by atoms with van der Waals surface area (Å²) in [6.45, 7) is 0. The largest absolute Gasteiger partial charge is 0.329 e. The fourth-order valence-corrected chi connectivity index (χ4v) is 3.90. The third kappa shape index (κ3) is 3.00. The van der Waals surface area contributed by atoms with Crippen molar-refractivity contribution >= 4 is 11.7 Å². The van der Waals surface area contributed by atoms with Crippen LogP contribution in [-0.2, 0) is 9.59 Å². The van der Waals surface area contributed by atoms with Gasteiger partial charge < -0.3 is 5.32 Å². The van der Waals surface area contributed by atoms with E-state index in [-0.39, 0.29) is 29.3 Å². The topological polar surface area (TPSA) is 46.2 Å². The average molecular weight is 335 g/mol. The van der Waals surface area contributed by atoms with Gasteiger partial charge in [-0.05, 0) is 35.6 Å². The maximum absolute atomic E-state index is 13.2. The number of halogens is 1. The number of rotatable bonds is 2. The molecular formula is C21H18FNO2. The molecule has 0 radical (unpaired) electrons. The van der Waals surface area contributed by atoms with Gasteiger partial charge in [0.1, 0.15) is 5.82 Å². The molecule has 2 aromatic carbocycles. The molecule has 1 amide bonds. The molecule has 0 saturated carbocycles. The Hall–Kier alpha value is -2.75. The Kier molecular flexibility index (Phi) is 3.96. The number of carbonyl (C=O) groups excluding carboxylic acids is 2. The number of allylic oxidation sites excluding steroid dienone is 2. The van der Waals surface area contributed by atoms with Gasteiger partial charge in [-0.3, -0.25) is 9.59 Å². The molecule has 3 nitrogen and oxygen atoms in total. The Bertz CT molecular complexity index is 855. The fourth-order valence-electron chi connectivity index (χ4n) is 3.90. The third-order valence-electron chi connectivity index (χ3n) is 5.08. The maximum Gasteiger partial charge on any atom is 0.225 e. The van der Waals surface area contributed by atoms with Gasteiger partial charge in [-0.25, -0.2) is 4.39 Å². The van der Waals surface area contributed by atoms with Crippen molar-refractivity contribution in [3.05, 3.63) is 82.8 Å². The second-order valence-corrected chi connectivity index (χ2v) is 6.69. The SMILES string of the molecule is O=C1C[C@H](c2ccccc2)C2=C(C[C@H](c3ccc(F)cc3)CC2=O)N1. The summed E-state index contributed by atoms with van der Waals surface area (Å²) in [7, 11) is 0. The van der Waals surface area contributed by atoms with Crippen molar-refractivity contribution in [1.29, 1.82) is 0 Å². The Morgan fingerprint density at radius 2 is 1.56 bits per heavy atom. The Morgan fingerprint density at radius 1 is 0.840 bits per heavy atom. The normalized spacial score (nSPS) is 23.2. The lowest BCUT2D eigenvalue weighted by Gasteiger charge is -2.34. The summed E-state index contributed by atoms with van der Waals surface area (Å²) >= 11 is 0. The van der Waals surface area contributed by atoms with Crippen molar-refractivity contribution in [2.45, 2.75) is 31.1 Å². The first-order chi connectivity index (χ1) is 12.1. The van der Waals surface area contributed by atoms with Crippen LogP contribution in [0.3, 0.4) is 0 Å². The zero-order valence-corrected chi connectivity index (χ0v) is 13.7. The number of ketones is 1. The summed E-state index contributed by atoms with van der Waals surface area (Å²) in [5.41, 5.74) is 3.40. The number of hydrogen-bond donors (Lipinski definition) is 1. The number of hydrogen-bond acceptors (Lipinski definition) is 2. The van der Waals surface area contributed by atoms with Crippen molar-refractivity contribution in [3.63, 3.8) is 0 Å². The zero-order chi connectivity index (χ0) is 17.4. The Morgan fingerprint density at radius 3 is 2.28 bits per heavy atom. The first kappa shape index (κ1) is 15.8. The molecule has 1 aliphatic carbocycles. The second kappa shape index (κ2) is 6.28. The molecule has 0 spiro atoms. The lowest BCUT2D eigenvalue weighted by Crippen LogP contribution is -2.38. The summed E-state index contributed by atoms with van der Waals surface area (Å²) in [5, 5.41) is 2.91. The predicted molar refractivity (Wildman–Crippen MR) is 92.4 cm³/mol. The van der Waals surface area contributed by atoms with Crippen molar-refractivity contribution in [2.75, 3.05) is 0 Å². The number of amides is 1. The number of carbonyl (C=O) groups is 2. The van der Waals surface area contributed by atoms with E-state index in [0.717, 1.165) is 22.4 Å². The van der Waals surface area contributed by atoms with Gasteiger partial charge >= 0.3 is 0 Å². The van der Waals surface area contributed by atoms with Gasteiger partial charge in [0.15, 0.2) is 5.78 Å². The van der Waals surface area contributed by atoms with E-state index in [1.54, 1.807) is 12.1 Å².